The van der Waals surface area contributed by atoms with Gasteiger partial charge in [-0.05, 0) is 141 Å². The Bertz CT molecular complexity index is 4780. The van der Waals surface area contributed by atoms with Crippen molar-refractivity contribution in [3.63, 3.8) is 0 Å². The zero-order valence-corrected chi connectivity index (χ0v) is 44.0. The van der Waals surface area contributed by atoms with E-state index in [4.69, 9.17) is 8.83 Å². The highest BCUT2D eigenvalue weighted by Crippen LogP contribution is 2.50. The molecule has 0 atom stereocenters. The van der Waals surface area contributed by atoms with E-state index in [-0.39, 0.29) is 11.6 Å². The van der Waals surface area contributed by atoms with E-state index in [1.54, 1.807) is 12.1 Å². The summed E-state index contributed by atoms with van der Waals surface area (Å²) in [5, 5.41) is 10.2. The molecule has 0 unspecified atom stereocenters. The first-order valence-corrected chi connectivity index (χ1v) is 27.5. The number of rotatable bonds is 10. The maximum Gasteiger partial charge on any atom is 0.148 e. The van der Waals surface area contributed by atoms with Gasteiger partial charge in [0.25, 0.3) is 0 Å². The van der Waals surface area contributed by atoms with Crippen LogP contribution < -0.4 is 9.80 Å². The molecule has 2 aromatic heterocycles. The van der Waals surface area contributed by atoms with Gasteiger partial charge in [0, 0.05) is 77.7 Å². The SMILES string of the molecule is Fc1cc(-c2ccccc2)cc(-c2ccccc2)c1N(c1ccccc1)c1ccc2c(c1)oc1c2cc2ccc3c4oc5cc(N(c6ccccc6)c6c(F)cc(-c7ccccc7)cc6-c6ccccc6)ccc5c4cc4ccc1c2c43. The topological polar surface area (TPSA) is 32.8 Å². The highest BCUT2D eigenvalue weighted by atomic mass is 19.1. The van der Waals surface area contributed by atoms with E-state index in [2.05, 4.69) is 72.8 Å². The Morgan fingerprint density at radius 3 is 0.976 bits per heavy atom. The van der Waals surface area contributed by atoms with Crippen molar-refractivity contribution in [2.45, 2.75) is 0 Å². The lowest BCUT2D eigenvalue weighted by molar-refractivity contribution is 0.629. The Kier molecular flexibility index (Phi) is 10.9. The molecule has 16 aromatic rings. The second kappa shape index (κ2) is 18.9. The molecule has 2 heterocycles. The Labute approximate surface area is 470 Å². The molecule has 0 saturated heterocycles. The fourth-order valence-electron chi connectivity index (χ4n) is 12.5. The predicted molar refractivity (Wildman–Crippen MR) is 336 cm³/mol. The van der Waals surface area contributed by atoms with Crippen molar-refractivity contribution in [3.05, 3.63) is 291 Å². The van der Waals surface area contributed by atoms with Crippen molar-refractivity contribution in [2.24, 2.45) is 0 Å². The number of halogens is 2. The second-order valence-electron chi connectivity index (χ2n) is 21.0. The van der Waals surface area contributed by atoms with Gasteiger partial charge in [0.1, 0.15) is 34.0 Å². The van der Waals surface area contributed by atoms with Gasteiger partial charge in [-0.15, -0.1) is 0 Å². The van der Waals surface area contributed by atoms with Crippen LogP contribution in [0.2, 0.25) is 0 Å². The predicted octanol–water partition coefficient (Wildman–Crippen LogP) is 22.3. The highest BCUT2D eigenvalue weighted by Gasteiger charge is 2.27. The first-order valence-electron chi connectivity index (χ1n) is 27.5. The number of hydrogen-bond acceptors (Lipinski definition) is 4. The molecule has 0 radical (unpaired) electrons. The lowest BCUT2D eigenvalue weighted by Gasteiger charge is -2.28. The molecule has 0 bridgehead atoms. The molecule has 4 nitrogen and oxygen atoms in total. The molecular formula is C76H46F2N2O2. The number of furan rings is 2. The van der Waals surface area contributed by atoms with Crippen LogP contribution >= 0.6 is 0 Å². The summed E-state index contributed by atoms with van der Waals surface area (Å²) in [4.78, 5) is 4.01. The molecule has 0 N–H and O–H groups in total. The third-order valence-corrected chi connectivity index (χ3v) is 16.2. The van der Waals surface area contributed by atoms with Crippen molar-refractivity contribution in [1.82, 2.24) is 0 Å². The summed E-state index contributed by atoms with van der Waals surface area (Å²) in [6.45, 7) is 0. The van der Waals surface area contributed by atoms with E-state index >= 15 is 8.78 Å². The number of hydrogen-bond donors (Lipinski definition) is 0. The standard InChI is InChI=1S/C76H46F2N2O2/c77-67-43-53(47-19-7-1-8-20-47)41-63(49-23-11-3-12-24-49)73(67)79(55-27-15-5-16-28-55)57-33-37-59-65-39-51-32-36-62-72-52(31-35-61(71(51)72)75(65)81-69(59)45-57)40-66-60-38-34-58(46-70(60)82-76(62)66)80(56-29-17-6-18-30-56)74-64(50-25-13-4-14-26-50)42-54(44-68(74)78)48-21-9-2-10-22-48/h1-46H. The van der Waals surface area contributed by atoms with Crippen molar-refractivity contribution in [3.8, 4) is 44.5 Å². The van der Waals surface area contributed by atoms with Crippen molar-refractivity contribution < 1.29 is 17.6 Å². The zero-order valence-electron chi connectivity index (χ0n) is 44.0. The van der Waals surface area contributed by atoms with Gasteiger partial charge in [-0.25, -0.2) is 8.78 Å². The summed E-state index contributed by atoms with van der Waals surface area (Å²) in [5.74, 6) is -0.688. The van der Waals surface area contributed by atoms with Gasteiger partial charge in [-0.2, -0.15) is 0 Å². The largest absolute Gasteiger partial charge is 0.455 e. The van der Waals surface area contributed by atoms with E-state index in [1.165, 1.54) is 0 Å². The lowest BCUT2D eigenvalue weighted by Crippen LogP contribution is -2.13. The van der Waals surface area contributed by atoms with Gasteiger partial charge in [0.2, 0.25) is 0 Å². The minimum absolute atomic E-state index is 0.344. The van der Waals surface area contributed by atoms with E-state index < -0.39 is 0 Å². The zero-order chi connectivity index (χ0) is 54.4. The normalized spacial score (nSPS) is 11.8. The molecular weight excluding hydrogens is 1010 g/mol. The van der Waals surface area contributed by atoms with E-state index in [9.17, 15) is 0 Å². The molecule has 0 aliphatic carbocycles. The number of nitrogens with zero attached hydrogens (tertiary/aromatic N) is 2. The number of benzene rings is 14. The van der Waals surface area contributed by atoms with E-state index in [0.29, 0.717) is 22.5 Å². The molecule has 0 spiro atoms. The first-order chi connectivity index (χ1) is 40.5. The van der Waals surface area contributed by atoms with Gasteiger partial charge in [0.05, 0.1) is 22.7 Å². The van der Waals surface area contributed by atoms with E-state index in [0.717, 1.165) is 132 Å². The minimum Gasteiger partial charge on any atom is -0.455 e. The highest BCUT2D eigenvalue weighted by molar-refractivity contribution is 6.34. The lowest BCUT2D eigenvalue weighted by atomic mass is 9.91. The smallest absolute Gasteiger partial charge is 0.148 e. The van der Waals surface area contributed by atoms with Gasteiger partial charge >= 0.3 is 0 Å². The molecule has 0 aliphatic heterocycles. The number of para-hydroxylation sites is 2. The summed E-state index contributed by atoms with van der Waals surface area (Å²) in [6.07, 6.45) is 0. The average molecular weight is 1060 g/mol. The molecule has 0 aliphatic rings. The molecule has 386 valence electrons. The Balaban J connectivity index is 0.843. The molecule has 16 rings (SSSR count). The second-order valence-corrected chi connectivity index (χ2v) is 21.0. The van der Waals surface area contributed by atoms with Crippen LogP contribution in [0.25, 0.3) is 121 Å². The molecule has 0 amide bonds. The van der Waals surface area contributed by atoms with Gasteiger partial charge in [-0.1, -0.05) is 170 Å². The van der Waals surface area contributed by atoms with Gasteiger partial charge < -0.3 is 18.6 Å². The van der Waals surface area contributed by atoms with Crippen LogP contribution in [0.1, 0.15) is 0 Å². The maximum absolute atomic E-state index is 17.4. The van der Waals surface area contributed by atoms with Crippen LogP contribution in [0, 0.1) is 11.6 Å². The molecule has 82 heavy (non-hydrogen) atoms. The fourth-order valence-corrected chi connectivity index (χ4v) is 12.5. The van der Waals surface area contributed by atoms with Crippen LogP contribution in [0.4, 0.5) is 42.9 Å². The Hall–Kier alpha value is -10.8. The third kappa shape index (κ3) is 7.64. The number of anilines is 6. The molecule has 0 saturated carbocycles. The maximum atomic E-state index is 17.4. The molecule has 0 fully saturated rings. The van der Waals surface area contributed by atoms with Crippen molar-refractivity contribution in [2.75, 3.05) is 9.80 Å². The summed E-state index contributed by atoms with van der Waals surface area (Å²) < 4.78 is 48.8. The minimum atomic E-state index is -0.344. The summed E-state index contributed by atoms with van der Waals surface area (Å²) >= 11 is 0. The van der Waals surface area contributed by atoms with Crippen molar-refractivity contribution >= 4 is 110 Å². The Morgan fingerprint density at radius 2 is 0.598 bits per heavy atom. The quantitative estimate of drug-likeness (QED) is 0.128. The summed E-state index contributed by atoms with van der Waals surface area (Å²) in [7, 11) is 0. The summed E-state index contributed by atoms with van der Waals surface area (Å²) in [5.41, 5.74) is 13.7. The van der Waals surface area contributed by atoms with Gasteiger partial charge in [-0.3, -0.25) is 0 Å². The fraction of sp³-hybridized carbons (Fsp3) is 0. The van der Waals surface area contributed by atoms with Gasteiger partial charge in [0.15, 0.2) is 0 Å². The van der Waals surface area contributed by atoms with Crippen LogP contribution in [-0.2, 0) is 0 Å². The van der Waals surface area contributed by atoms with Crippen molar-refractivity contribution in [1.29, 1.82) is 0 Å². The monoisotopic (exact) mass is 1060 g/mol. The van der Waals surface area contributed by atoms with Crippen LogP contribution in [0.5, 0.6) is 0 Å². The van der Waals surface area contributed by atoms with Crippen LogP contribution in [0.3, 0.4) is 0 Å². The van der Waals surface area contributed by atoms with E-state index in [1.807, 2.05) is 204 Å². The van der Waals surface area contributed by atoms with Crippen LogP contribution in [0.15, 0.2) is 288 Å². The Morgan fingerprint density at radius 1 is 0.256 bits per heavy atom. The number of fused-ring (bicyclic) bond motifs is 8. The van der Waals surface area contributed by atoms with Crippen LogP contribution in [-0.4, -0.2) is 0 Å². The summed E-state index contributed by atoms with van der Waals surface area (Å²) in [6, 6.07) is 92.9. The average Bonchev–Trinajstić information content (AvgIpc) is 4.04. The molecule has 6 heteroatoms. The first kappa shape index (κ1) is 47.2. The molecule has 14 aromatic carbocycles. The third-order valence-electron chi connectivity index (χ3n) is 16.2.